The van der Waals surface area contributed by atoms with E-state index in [9.17, 15) is 8.42 Å². The molecule has 1 aromatic carbocycles. The predicted molar refractivity (Wildman–Crippen MR) is 92.1 cm³/mol. The van der Waals surface area contributed by atoms with Crippen molar-refractivity contribution >= 4 is 21.6 Å². The summed E-state index contributed by atoms with van der Waals surface area (Å²) in [6, 6.07) is 4.78. The lowest BCUT2D eigenvalue weighted by Gasteiger charge is -2.22. The molecular weight excluding hydrogens is 352 g/mol. The fourth-order valence-electron chi connectivity index (χ4n) is 2.93. The Bertz CT molecular complexity index is 654. The van der Waals surface area contributed by atoms with Crippen LogP contribution in [0.15, 0.2) is 23.1 Å². The number of ether oxygens (including phenoxy) is 2. The Kier molecular flexibility index (Phi) is 5.99. The fraction of sp³-hybridized carbons (Fsp3) is 0.625. The highest BCUT2D eigenvalue weighted by molar-refractivity contribution is 7.89. The van der Waals surface area contributed by atoms with Crippen LogP contribution in [0, 0.1) is 5.92 Å². The van der Waals surface area contributed by atoms with Crippen LogP contribution >= 0.6 is 11.6 Å². The van der Waals surface area contributed by atoms with Crippen LogP contribution in [0.25, 0.3) is 0 Å². The second-order valence-electron chi connectivity index (χ2n) is 6.14. The van der Waals surface area contributed by atoms with Crippen molar-refractivity contribution in [2.24, 2.45) is 5.92 Å². The molecule has 0 saturated carbocycles. The van der Waals surface area contributed by atoms with Gasteiger partial charge in [0.1, 0.15) is 10.6 Å². The van der Waals surface area contributed by atoms with Gasteiger partial charge in [0.25, 0.3) is 0 Å². The molecule has 8 heteroatoms. The van der Waals surface area contributed by atoms with Gasteiger partial charge in [0, 0.05) is 37.2 Å². The number of halogens is 1. The minimum atomic E-state index is -3.63. The highest BCUT2D eigenvalue weighted by atomic mass is 35.5. The Morgan fingerprint density at radius 1 is 1.33 bits per heavy atom. The van der Waals surface area contributed by atoms with E-state index in [0.717, 1.165) is 26.0 Å². The Hall–Kier alpha value is -0.860. The number of rotatable bonds is 5. The number of benzene rings is 1. The third-order valence-corrected chi connectivity index (χ3v) is 6.48. The largest absolute Gasteiger partial charge is 0.492 e. The van der Waals surface area contributed by atoms with Crippen molar-refractivity contribution in [2.75, 3.05) is 46.0 Å². The molecule has 24 heavy (non-hydrogen) atoms. The monoisotopic (exact) mass is 374 g/mol. The summed E-state index contributed by atoms with van der Waals surface area (Å²) in [5.41, 5.74) is 0. The highest BCUT2D eigenvalue weighted by Gasteiger charge is 2.29. The van der Waals surface area contributed by atoms with Gasteiger partial charge in [-0.25, -0.2) is 8.42 Å². The molecular formula is C16H23ClN2O4S. The first-order chi connectivity index (χ1) is 11.6. The van der Waals surface area contributed by atoms with E-state index < -0.39 is 10.0 Å². The smallest absolute Gasteiger partial charge is 0.246 e. The molecule has 2 heterocycles. The van der Waals surface area contributed by atoms with Crippen molar-refractivity contribution in [1.82, 2.24) is 9.62 Å². The van der Waals surface area contributed by atoms with Gasteiger partial charge in [0.05, 0.1) is 13.2 Å². The first kappa shape index (κ1) is 17.9. The average Bonchev–Trinajstić information content (AvgIpc) is 2.93. The van der Waals surface area contributed by atoms with E-state index in [2.05, 4.69) is 5.32 Å². The van der Waals surface area contributed by atoms with Gasteiger partial charge in [0.2, 0.25) is 10.0 Å². The molecule has 6 nitrogen and oxygen atoms in total. The summed E-state index contributed by atoms with van der Waals surface area (Å²) in [4.78, 5) is 0.149. The van der Waals surface area contributed by atoms with E-state index >= 15 is 0 Å². The first-order valence-electron chi connectivity index (χ1n) is 8.28. The van der Waals surface area contributed by atoms with Gasteiger partial charge >= 0.3 is 0 Å². The number of sulfonamides is 1. The van der Waals surface area contributed by atoms with Crippen molar-refractivity contribution in [3.8, 4) is 5.75 Å². The van der Waals surface area contributed by atoms with Crippen LogP contribution in [0.5, 0.6) is 5.75 Å². The van der Waals surface area contributed by atoms with Gasteiger partial charge in [-0.05, 0) is 37.6 Å². The number of hydrogen-bond acceptors (Lipinski definition) is 5. The van der Waals surface area contributed by atoms with E-state index in [1.165, 1.54) is 10.4 Å². The van der Waals surface area contributed by atoms with Crippen LogP contribution in [-0.2, 0) is 14.8 Å². The maximum atomic E-state index is 13.0. The first-order valence-corrected chi connectivity index (χ1v) is 10.1. The Morgan fingerprint density at radius 2 is 2.21 bits per heavy atom. The van der Waals surface area contributed by atoms with Crippen LogP contribution in [0.1, 0.15) is 12.8 Å². The molecule has 0 aromatic heterocycles. The maximum absolute atomic E-state index is 13.0. The highest BCUT2D eigenvalue weighted by Crippen LogP contribution is 2.31. The zero-order chi connectivity index (χ0) is 17.0. The molecule has 0 spiro atoms. The molecule has 0 amide bonds. The standard InChI is InChI=1S/C16H23ClN2O4S/c17-14-2-3-15(23-12-13-4-9-22-11-13)16(10-14)24(20,21)19-7-1-5-18-6-8-19/h2-3,10,13,18H,1,4-9,11-12H2. The lowest BCUT2D eigenvalue weighted by Crippen LogP contribution is -2.34. The molecule has 1 aromatic rings. The second kappa shape index (κ2) is 8.01. The normalized spacial score (nSPS) is 23.1. The number of hydrogen-bond donors (Lipinski definition) is 1. The average molecular weight is 375 g/mol. The van der Waals surface area contributed by atoms with Crippen molar-refractivity contribution in [2.45, 2.75) is 17.7 Å². The molecule has 1 atom stereocenters. The SMILES string of the molecule is O=S(=O)(c1cc(Cl)ccc1OCC1CCOC1)N1CCCNCC1. The summed E-state index contributed by atoms with van der Waals surface area (Å²) in [5, 5.41) is 3.60. The topological polar surface area (TPSA) is 67.9 Å². The van der Waals surface area contributed by atoms with Crippen LogP contribution < -0.4 is 10.1 Å². The van der Waals surface area contributed by atoms with E-state index in [-0.39, 0.29) is 4.90 Å². The third kappa shape index (κ3) is 4.21. The molecule has 2 aliphatic rings. The molecule has 3 rings (SSSR count). The minimum absolute atomic E-state index is 0.149. The molecule has 1 unspecified atom stereocenters. The number of nitrogens with one attached hydrogen (secondary N) is 1. The van der Waals surface area contributed by atoms with Crippen LogP contribution in [-0.4, -0.2) is 58.7 Å². The molecule has 0 bridgehead atoms. The Labute approximate surface area is 148 Å². The summed E-state index contributed by atoms with van der Waals surface area (Å²) in [5.74, 6) is 0.669. The van der Waals surface area contributed by atoms with Crippen LogP contribution in [0.4, 0.5) is 0 Å². The van der Waals surface area contributed by atoms with Crippen LogP contribution in [0.2, 0.25) is 5.02 Å². The molecule has 2 aliphatic heterocycles. The van der Waals surface area contributed by atoms with E-state index in [4.69, 9.17) is 21.1 Å². The van der Waals surface area contributed by atoms with Crippen molar-refractivity contribution in [3.05, 3.63) is 23.2 Å². The molecule has 0 radical (unpaired) electrons. The zero-order valence-electron chi connectivity index (χ0n) is 13.5. The Balaban J connectivity index is 1.82. The minimum Gasteiger partial charge on any atom is -0.492 e. The Morgan fingerprint density at radius 3 is 3.00 bits per heavy atom. The van der Waals surface area contributed by atoms with Gasteiger partial charge < -0.3 is 14.8 Å². The second-order valence-corrected chi connectivity index (χ2v) is 8.48. The van der Waals surface area contributed by atoms with E-state index in [1.807, 2.05) is 0 Å². The summed E-state index contributed by atoms with van der Waals surface area (Å²) in [6.07, 6.45) is 1.73. The third-order valence-electron chi connectivity index (χ3n) is 4.32. The molecule has 2 saturated heterocycles. The fourth-order valence-corrected chi connectivity index (χ4v) is 4.80. The summed E-state index contributed by atoms with van der Waals surface area (Å²) < 4.78 is 38.8. The van der Waals surface area contributed by atoms with Gasteiger partial charge in [-0.1, -0.05) is 11.6 Å². The summed E-state index contributed by atoms with van der Waals surface area (Å²) in [6.45, 7) is 4.27. The number of nitrogens with zero attached hydrogens (tertiary/aromatic N) is 1. The lowest BCUT2D eigenvalue weighted by molar-refractivity contribution is 0.166. The van der Waals surface area contributed by atoms with Crippen molar-refractivity contribution in [1.29, 1.82) is 0 Å². The summed E-state index contributed by atoms with van der Waals surface area (Å²) >= 11 is 6.05. The van der Waals surface area contributed by atoms with E-state index in [1.54, 1.807) is 12.1 Å². The molecule has 134 valence electrons. The van der Waals surface area contributed by atoms with Gasteiger partial charge in [-0.15, -0.1) is 0 Å². The summed E-state index contributed by atoms with van der Waals surface area (Å²) in [7, 11) is -3.63. The quantitative estimate of drug-likeness (QED) is 0.850. The van der Waals surface area contributed by atoms with Gasteiger partial charge in [-0.3, -0.25) is 0 Å². The van der Waals surface area contributed by atoms with Crippen molar-refractivity contribution < 1.29 is 17.9 Å². The predicted octanol–water partition coefficient (Wildman–Crippen LogP) is 1.74. The van der Waals surface area contributed by atoms with Gasteiger partial charge in [-0.2, -0.15) is 4.31 Å². The van der Waals surface area contributed by atoms with Gasteiger partial charge in [0.15, 0.2) is 0 Å². The molecule has 0 aliphatic carbocycles. The van der Waals surface area contributed by atoms with E-state index in [0.29, 0.717) is 49.5 Å². The maximum Gasteiger partial charge on any atom is 0.246 e. The zero-order valence-corrected chi connectivity index (χ0v) is 15.1. The van der Waals surface area contributed by atoms with Crippen LogP contribution in [0.3, 0.4) is 0 Å². The molecule has 1 N–H and O–H groups in total. The molecule has 2 fully saturated rings. The lowest BCUT2D eigenvalue weighted by atomic mass is 10.1. The van der Waals surface area contributed by atoms with Crippen molar-refractivity contribution in [3.63, 3.8) is 0 Å².